The van der Waals surface area contributed by atoms with Gasteiger partial charge in [-0.05, 0) is 33.5 Å². The summed E-state index contributed by atoms with van der Waals surface area (Å²) in [5.74, 6) is 0. The van der Waals surface area contributed by atoms with Crippen molar-refractivity contribution < 1.29 is 4.74 Å². The molecule has 0 saturated heterocycles. The molecule has 0 spiro atoms. The highest BCUT2D eigenvalue weighted by Crippen LogP contribution is 2.10. The van der Waals surface area contributed by atoms with Crippen molar-refractivity contribution in [3.63, 3.8) is 0 Å². The van der Waals surface area contributed by atoms with Gasteiger partial charge in [0.2, 0.25) is 0 Å². The van der Waals surface area contributed by atoms with E-state index in [0.717, 1.165) is 6.61 Å². The van der Waals surface area contributed by atoms with Gasteiger partial charge in [-0.2, -0.15) is 0 Å². The molecule has 0 aromatic carbocycles. The van der Waals surface area contributed by atoms with Gasteiger partial charge in [-0.1, -0.05) is 51.4 Å². The molecule has 0 bridgehead atoms. The number of hydrogen-bond donors (Lipinski definition) is 0. The molecule has 2 heteroatoms. The van der Waals surface area contributed by atoms with E-state index in [4.69, 9.17) is 4.74 Å². The van der Waals surface area contributed by atoms with Crippen LogP contribution < -0.4 is 0 Å². The highest BCUT2D eigenvalue weighted by molar-refractivity contribution is 4.49. The molecule has 104 valence electrons. The van der Waals surface area contributed by atoms with Crippen LogP contribution in [0.5, 0.6) is 0 Å². The summed E-state index contributed by atoms with van der Waals surface area (Å²) in [4.78, 5) is 2.28. The summed E-state index contributed by atoms with van der Waals surface area (Å²) in [5.41, 5.74) is 0. The molecule has 0 atom stereocenters. The van der Waals surface area contributed by atoms with Crippen LogP contribution in [0.3, 0.4) is 0 Å². The topological polar surface area (TPSA) is 12.5 Å². The Morgan fingerprint density at radius 3 is 1.47 bits per heavy atom. The molecule has 0 aliphatic rings. The van der Waals surface area contributed by atoms with Crippen molar-refractivity contribution in [2.45, 2.75) is 64.2 Å². The SMILES string of the molecule is COCCCCCCCCCCCCN(C)C. The van der Waals surface area contributed by atoms with Gasteiger partial charge >= 0.3 is 0 Å². The first-order valence-electron chi connectivity index (χ1n) is 7.41. The monoisotopic (exact) mass is 243 g/mol. The quantitative estimate of drug-likeness (QED) is 0.452. The normalized spacial score (nSPS) is 11.3. The van der Waals surface area contributed by atoms with Crippen molar-refractivity contribution in [3.05, 3.63) is 0 Å². The van der Waals surface area contributed by atoms with Crippen molar-refractivity contribution >= 4 is 0 Å². The number of ether oxygens (including phenoxy) is 1. The molecule has 0 unspecified atom stereocenters. The van der Waals surface area contributed by atoms with E-state index in [1.54, 1.807) is 7.11 Å². The average molecular weight is 243 g/mol. The summed E-state index contributed by atoms with van der Waals surface area (Å²) in [6, 6.07) is 0. The van der Waals surface area contributed by atoms with Crippen LogP contribution in [0.2, 0.25) is 0 Å². The van der Waals surface area contributed by atoms with E-state index < -0.39 is 0 Å². The minimum absolute atomic E-state index is 0.936. The second kappa shape index (κ2) is 14.0. The number of unbranched alkanes of at least 4 members (excludes halogenated alkanes) is 9. The van der Waals surface area contributed by atoms with Crippen LogP contribution in [0.1, 0.15) is 64.2 Å². The molecular formula is C15H33NO. The van der Waals surface area contributed by atoms with Crippen molar-refractivity contribution in [1.29, 1.82) is 0 Å². The van der Waals surface area contributed by atoms with Gasteiger partial charge in [0, 0.05) is 13.7 Å². The molecule has 0 aromatic heterocycles. The molecule has 0 N–H and O–H groups in total. The fraction of sp³-hybridized carbons (Fsp3) is 1.00. The minimum atomic E-state index is 0.936. The lowest BCUT2D eigenvalue weighted by Crippen LogP contribution is -2.12. The van der Waals surface area contributed by atoms with Gasteiger partial charge in [0.05, 0.1) is 0 Å². The van der Waals surface area contributed by atoms with E-state index in [2.05, 4.69) is 19.0 Å². The first-order chi connectivity index (χ1) is 8.27. The molecule has 2 nitrogen and oxygen atoms in total. The van der Waals surface area contributed by atoms with E-state index in [9.17, 15) is 0 Å². The van der Waals surface area contributed by atoms with Crippen LogP contribution in [-0.4, -0.2) is 39.3 Å². The summed E-state index contributed by atoms with van der Waals surface area (Å²) >= 11 is 0. The van der Waals surface area contributed by atoms with Gasteiger partial charge in [-0.25, -0.2) is 0 Å². The summed E-state index contributed by atoms with van der Waals surface area (Å²) in [6.45, 7) is 2.19. The van der Waals surface area contributed by atoms with Crippen molar-refractivity contribution in [1.82, 2.24) is 4.90 Å². The molecule has 0 aliphatic carbocycles. The Kier molecular flexibility index (Phi) is 13.9. The second-order valence-electron chi connectivity index (χ2n) is 5.33. The summed E-state index contributed by atoms with van der Waals surface area (Å²) in [6.07, 6.45) is 13.9. The third-order valence-corrected chi connectivity index (χ3v) is 3.20. The Hall–Kier alpha value is -0.0800. The molecule has 0 saturated carbocycles. The second-order valence-corrected chi connectivity index (χ2v) is 5.33. The maximum absolute atomic E-state index is 5.04. The largest absolute Gasteiger partial charge is 0.385 e. The van der Waals surface area contributed by atoms with Crippen LogP contribution in [-0.2, 0) is 4.74 Å². The molecule has 0 fully saturated rings. The summed E-state index contributed by atoms with van der Waals surface area (Å²) in [7, 11) is 6.10. The molecule has 0 aromatic rings. The predicted octanol–water partition coefficient (Wildman–Crippen LogP) is 4.10. The van der Waals surface area contributed by atoms with Crippen molar-refractivity contribution in [3.8, 4) is 0 Å². The highest BCUT2D eigenvalue weighted by Gasteiger charge is 1.94. The number of nitrogens with zero attached hydrogens (tertiary/aromatic N) is 1. The van der Waals surface area contributed by atoms with Crippen molar-refractivity contribution in [2.24, 2.45) is 0 Å². The van der Waals surface area contributed by atoms with Gasteiger partial charge < -0.3 is 9.64 Å². The lowest BCUT2D eigenvalue weighted by Gasteiger charge is -2.08. The minimum Gasteiger partial charge on any atom is -0.385 e. The first kappa shape index (κ1) is 16.9. The zero-order chi connectivity index (χ0) is 12.8. The lowest BCUT2D eigenvalue weighted by atomic mass is 10.1. The molecule has 0 rings (SSSR count). The third-order valence-electron chi connectivity index (χ3n) is 3.20. The Morgan fingerprint density at radius 2 is 1.06 bits per heavy atom. The average Bonchev–Trinajstić information content (AvgIpc) is 2.30. The van der Waals surface area contributed by atoms with Crippen LogP contribution in [0.4, 0.5) is 0 Å². The lowest BCUT2D eigenvalue weighted by molar-refractivity contribution is 0.192. The van der Waals surface area contributed by atoms with E-state index in [1.807, 2.05) is 0 Å². The Labute approximate surface area is 109 Å². The maximum atomic E-state index is 5.04. The number of methoxy groups -OCH3 is 1. The van der Waals surface area contributed by atoms with Gasteiger partial charge in [-0.3, -0.25) is 0 Å². The van der Waals surface area contributed by atoms with E-state index >= 15 is 0 Å². The van der Waals surface area contributed by atoms with Crippen molar-refractivity contribution in [2.75, 3.05) is 34.4 Å². The third kappa shape index (κ3) is 15.9. The zero-order valence-electron chi connectivity index (χ0n) is 12.3. The van der Waals surface area contributed by atoms with Gasteiger partial charge in [0.1, 0.15) is 0 Å². The molecule has 0 amide bonds. The molecular weight excluding hydrogens is 210 g/mol. The van der Waals surface area contributed by atoms with Gasteiger partial charge in [-0.15, -0.1) is 0 Å². The standard InChI is InChI=1S/C15H33NO/c1-16(2)14-12-10-8-6-4-5-7-9-11-13-15-17-3/h4-15H2,1-3H3. The molecule has 0 heterocycles. The molecule has 0 radical (unpaired) electrons. The smallest absolute Gasteiger partial charge is 0.0462 e. The predicted molar refractivity (Wildman–Crippen MR) is 76.6 cm³/mol. The Balaban J connectivity index is 2.89. The number of rotatable bonds is 13. The summed E-state index contributed by atoms with van der Waals surface area (Å²) < 4.78 is 5.04. The summed E-state index contributed by atoms with van der Waals surface area (Å²) in [5, 5.41) is 0. The zero-order valence-corrected chi connectivity index (χ0v) is 12.3. The highest BCUT2D eigenvalue weighted by atomic mass is 16.5. The first-order valence-corrected chi connectivity index (χ1v) is 7.41. The van der Waals surface area contributed by atoms with Crippen LogP contribution in [0, 0.1) is 0 Å². The molecule has 0 aliphatic heterocycles. The van der Waals surface area contributed by atoms with Crippen LogP contribution >= 0.6 is 0 Å². The Morgan fingerprint density at radius 1 is 0.647 bits per heavy atom. The van der Waals surface area contributed by atoms with Crippen LogP contribution in [0.15, 0.2) is 0 Å². The maximum Gasteiger partial charge on any atom is 0.0462 e. The Bertz CT molecular complexity index is 137. The fourth-order valence-electron chi connectivity index (χ4n) is 2.09. The fourth-order valence-corrected chi connectivity index (χ4v) is 2.09. The van der Waals surface area contributed by atoms with Gasteiger partial charge in [0.25, 0.3) is 0 Å². The van der Waals surface area contributed by atoms with Gasteiger partial charge in [0.15, 0.2) is 0 Å². The molecule has 17 heavy (non-hydrogen) atoms. The van der Waals surface area contributed by atoms with Crippen LogP contribution in [0.25, 0.3) is 0 Å². The van der Waals surface area contributed by atoms with E-state index in [1.165, 1.54) is 70.8 Å². The number of hydrogen-bond acceptors (Lipinski definition) is 2. The van der Waals surface area contributed by atoms with E-state index in [0.29, 0.717) is 0 Å². The van der Waals surface area contributed by atoms with E-state index in [-0.39, 0.29) is 0 Å².